The minimum absolute atomic E-state index is 0.0787. The van der Waals surface area contributed by atoms with Crippen molar-refractivity contribution in [3.63, 3.8) is 0 Å². The molecule has 88 valence electrons. The number of hydrogen-bond donors (Lipinski definition) is 1. The molecule has 1 aliphatic rings. The molecule has 3 heteroatoms. The van der Waals surface area contributed by atoms with E-state index in [0.717, 1.165) is 18.8 Å². The minimum Gasteiger partial charge on any atom is -0.341 e. The molecule has 1 unspecified atom stereocenters. The maximum absolute atomic E-state index is 11.7. The maximum Gasteiger partial charge on any atom is 0.239 e. The number of rotatable bonds is 3. The highest BCUT2D eigenvalue weighted by Gasteiger charge is 2.26. The lowest BCUT2D eigenvalue weighted by Gasteiger charge is -2.35. The number of likely N-dealkylation sites (N-methyl/N-ethyl adjacent to an activating group) is 1. The zero-order chi connectivity index (χ0) is 11.4. The molecule has 0 aromatic heterocycles. The first kappa shape index (κ1) is 12.5. The van der Waals surface area contributed by atoms with Crippen molar-refractivity contribution in [1.29, 1.82) is 0 Å². The van der Waals surface area contributed by atoms with Crippen LogP contribution in [0.3, 0.4) is 0 Å². The first-order chi connectivity index (χ1) is 7.06. The Kier molecular flexibility index (Phi) is 4.58. The van der Waals surface area contributed by atoms with Gasteiger partial charge in [0.1, 0.15) is 0 Å². The third-order valence-corrected chi connectivity index (χ3v) is 3.68. The molecule has 3 nitrogen and oxygen atoms in total. The van der Waals surface area contributed by atoms with Gasteiger partial charge in [-0.2, -0.15) is 0 Å². The number of amides is 1. The summed E-state index contributed by atoms with van der Waals surface area (Å²) in [5.74, 6) is 0.954. The summed E-state index contributed by atoms with van der Waals surface area (Å²) >= 11 is 0. The molecule has 0 radical (unpaired) electrons. The number of nitrogens with zero attached hydrogens (tertiary/aromatic N) is 1. The second-order valence-electron chi connectivity index (χ2n) is 4.82. The highest BCUT2D eigenvalue weighted by atomic mass is 16.2. The smallest absolute Gasteiger partial charge is 0.239 e. The van der Waals surface area contributed by atoms with E-state index in [1.165, 1.54) is 19.3 Å². The van der Waals surface area contributed by atoms with Gasteiger partial charge in [-0.05, 0) is 38.5 Å². The van der Waals surface area contributed by atoms with Gasteiger partial charge in [0, 0.05) is 13.1 Å². The summed E-state index contributed by atoms with van der Waals surface area (Å²) in [5.41, 5.74) is 5.61. The molecule has 1 atom stereocenters. The van der Waals surface area contributed by atoms with Crippen molar-refractivity contribution in [2.24, 2.45) is 11.7 Å². The quantitative estimate of drug-likeness (QED) is 0.775. The fraction of sp³-hybridized carbons (Fsp3) is 0.917. The van der Waals surface area contributed by atoms with E-state index in [9.17, 15) is 4.79 Å². The third-order valence-electron chi connectivity index (χ3n) is 3.68. The van der Waals surface area contributed by atoms with Crippen LogP contribution in [-0.4, -0.2) is 29.9 Å². The Labute approximate surface area is 93.0 Å². The summed E-state index contributed by atoms with van der Waals surface area (Å²) in [7, 11) is 1.89. The van der Waals surface area contributed by atoms with Crippen LogP contribution < -0.4 is 5.73 Å². The second-order valence-corrected chi connectivity index (χ2v) is 4.82. The van der Waals surface area contributed by atoms with Crippen LogP contribution in [0.1, 0.15) is 46.0 Å². The van der Waals surface area contributed by atoms with E-state index < -0.39 is 0 Å². The average molecular weight is 212 g/mol. The lowest BCUT2D eigenvalue weighted by molar-refractivity contribution is -0.133. The lowest BCUT2D eigenvalue weighted by Crippen LogP contribution is -2.46. The molecule has 0 bridgehead atoms. The summed E-state index contributed by atoms with van der Waals surface area (Å²) in [6.45, 7) is 4.01. The van der Waals surface area contributed by atoms with Crippen molar-refractivity contribution in [2.75, 3.05) is 7.05 Å². The highest BCUT2D eigenvalue weighted by molar-refractivity contribution is 5.81. The molecule has 0 aliphatic heterocycles. The predicted molar refractivity (Wildman–Crippen MR) is 62.5 cm³/mol. The van der Waals surface area contributed by atoms with E-state index in [1.54, 1.807) is 6.92 Å². The van der Waals surface area contributed by atoms with E-state index in [-0.39, 0.29) is 11.9 Å². The summed E-state index contributed by atoms with van der Waals surface area (Å²) in [4.78, 5) is 13.6. The monoisotopic (exact) mass is 212 g/mol. The predicted octanol–water partition coefficient (Wildman–Crippen LogP) is 1.76. The molecule has 1 fully saturated rings. The Morgan fingerprint density at radius 2 is 1.93 bits per heavy atom. The zero-order valence-electron chi connectivity index (χ0n) is 10.2. The molecule has 0 spiro atoms. The SMILES string of the molecule is CCC1CCC(N(C)C(=O)C(C)N)CC1. The molecule has 1 rings (SSSR count). The molecule has 1 amide bonds. The van der Waals surface area contributed by atoms with Gasteiger partial charge in [0.25, 0.3) is 0 Å². The van der Waals surface area contributed by atoms with Crippen LogP contribution in [0.5, 0.6) is 0 Å². The second kappa shape index (κ2) is 5.50. The third kappa shape index (κ3) is 3.20. The van der Waals surface area contributed by atoms with Crippen molar-refractivity contribution in [1.82, 2.24) is 4.90 Å². The fourth-order valence-corrected chi connectivity index (χ4v) is 2.44. The van der Waals surface area contributed by atoms with Crippen molar-refractivity contribution in [3.8, 4) is 0 Å². The van der Waals surface area contributed by atoms with Gasteiger partial charge in [-0.3, -0.25) is 4.79 Å². The van der Waals surface area contributed by atoms with Crippen LogP contribution in [0.15, 0.2) is 0 Å². The van der Waals surface area contributed by atoms with Crippen LogP contribution in [-0.2, 0) is 4.79 Å². The van der Waals surface area contributed by atoms with Gasteiger partial charge in [0.15, 0.2) is 0 Å². The molecule has 0 aromatic carbocycles. The van der Waals surface area contributed by atoms with Gasteiger partial charge in [-0.1, -0.05) is 13.3 Å². The van der Waals surface area contributed by atoms with Crippen molar-refractivity contribution < 1.29 is 4.79 Å². The highest BCUT2D eigenvalue weighted by Crippen LogP contribution is 2.28. The fourth-order valence-electron chi connectivity index (χ4n) is 2.44. The number of hydrogen-bond acceptors (Lipinski definition) is 2. The number of carbonyl (C=O) groups excluding carboxylic acids is 1. The molecular formula is C12H24N2O. The topological polar surface area (TPSA) is 46.3 Å². The molecule has 0 saturated heterocycles. The summed E-state index contributed by atoms with van der Waals surface area (Å²) in [5, 5.41) is 0. The molecule has 0 aromatic rings. The normalized spacial score (nSPS) is 28.5. The number of carbonyl (C=O) groups is 1. The van der Waals surface area contributed by atoms with Gasteiger partial charge in [-0.15, -0.1) is 0 Å². The standard InChI is InChI=1S/C12H24N2O/c1-4-10-5-7-11(8-6-10)14(3)12(15)9(2)13/h9-11H,4-8,13H2,1-3H3. The molecular weight excluding hydrogens is 188 g/mol. The Balaban J connectivity index is 2.42. The lowest BCUT2D eigenvalue weighted by atomic mass is 9.84. The first-order valence-electron chi connectivity index (χ1n) is 6.08. The summed E-state index contributed by atoms with van der Waals surface area (Å²) in [6.07, 6.45) is 6.09. The van der Waals surface area contributed by atoms with Crippen LogP contribution in [0.2, 0.25) is 0 Å². The molecule has 15 heavy (non-hydrogen) atoms. The largest absolute Gasteiger partial charge is 0.341 e. The Bertz CT molecular complexity index is 208. The van der Waals surface area contributed by atoms with Gasteiger partial charge < -0.3 is 10.6 Å². The summed E-state index contributed by atoms with van der Waals surface area (Å²) in [6, 6.07) is 0.0604. The molecule has 2 N–H and O–H groups in total. The molecule has 1 saturated carbocycles. The zero-order valence-corrected chi connectivity index (χ0v) is 10.2. The van der Waals surface area contributed by atoms with Crippen molar-refractivity contribution in [2.45, 2.75) is 58.0 Å². The Morgan fingerprint density at radius 1 is 1.40 bits per heavy atom. The van der Waals surface area contributed by atoms with E-state index in [1.807, 2.05) is 11.9 Å². The maximum atomic E-state index is 11.7. The minimum atomic E-state index is -0.362. The van der Waals surface area contributed by atoms with Gasteiger partial charge in [-0.25, -0.2) is 0 Å². The molecule has 0 heterocycles. The van der Waals surface area contributed by atoms with Crippen LogP contribution >= 0.6 is 0 Å². The van der Waals surface area contributed by atoms with Crippen LogP contribution in [0, 0.1) is 5.92 Å². The number of nitrogens with two attached hydrogens (primary N) is 1. The molecule has 1 aliphatic carbocycles. The van der Waals surface area contributed by atoms with E-state index in [0.29, 0.717) is 6.04 Å². The Hall–Kier alpha value is -0.570. The van der Waals surface area contributed by atoms with Crippen molar-refractivity contribution in [3.05, 3.63) is 0 Å². The van der Waals surface area contributed by atoms with E-state index in [2.05, 4.69) is 6.92 Å². The van der Waals surface area contributed by atoms with Crippen molar-refractivity contribution >= 4 is 5.91 Å². The first-order valence-corrected chi connectivity index (χ1v) is 6.08. The van der Waals surface area contributed by atoms with Gasteiger partial charge in [0.05, 0.1) is 6.04 Å². The average Bonchev–Trinajstić information content (AvgIpc) is 2.27. The van der Waals surface area contributed by atoms with Crippen LogP contribution in [0.25, 0.3) is 0 Å². The Morgan fingerprint density at radius 3 is 2.33 bits per heavy atom. The van der Waals surface area contributed by atoms with Gasteiger partial charge in [0.2, 0.25) is 5.91 Å². The van der Waals surface area contributed by atoms with E-state index in [4.69, 9.17) is 5.73 Å². The van der Waals surface area contributed by atoms with Crippen LogP contribution in [0.4, 0.5) is 0 Å². The van der Waals surface area contributed by atoms with Gasteiger partial charge >= 0.3 is 0 Å². The summed E-state index contributed by atoms with van der Waals surface area (Å²) < 4.78 is 0. The van der Waals surface area contributed by atoms with E-state index >= 15 is 0 Å².